The van der Waals surface area contributed by atoms with Gasteiger partial charge in [-0.3, -0.25) is 0 Å². The van der Waals surface area contributed by atoms with Crippen LogP contribution in [-0.2, 0) is 6.54 Å². The van der Waals surface area contributed by atoms with Gasteiger partial charge in [0, 0.05) is 36.6 Å². The molecule has 0 aliphatic heterocycles. The Hall–Kier alpha value is -3.34. The van der Waals surface area contributed by atoms with E-state index in [1.807, 2.05) is 25.3 Å². The predicted octanol–water partition coefficient (Wildman–Crippen LogP) is 3.08. The van der Waals surface area contributed by atoms with E-state index in [4.69, 9.17) is 0 Å². The normalized spacial score (nSPS) is 20.8. The third-order valence-electron chi connectivity index (χ3n) is 5.88. The maximum atomic E-state index is 13.1. The molecule has 0 atom stereocenters. The second-order valence-electron chi connectivity index (χ2n) is 8.53. The standard InChI is InChI=1S/C21H24F2N8O/c1-11-26-18-15(30(11)10-16(22)23)6-12(9-25-18)14-4-5-31-17(14)19(24-3)28-20(29-31)27-13-7-21(2,32)8-13/h4-6,9,13,16,32H,7-8,10H2,1-3H3,(H2,24,27,28,29). The lowest BCUT2D eigenvalue weighted by Gasteiger charge is -2.41. The summed E-state index contributed by atoms with van der Waals surface area (Å²) in [6, 6.07) is 3.83. The summed E-state index contributed by atoms with van der Waals surface area (Å²) in [5, 5.41) is 20.9. The van der Waals surface area contributed by atoms with E-state index in [2.05, 4.69) is 30.7 Å². The van der Waals surface area contributed by atoms with Crippen LogP contribution in [-0.4, -0.2) is 59.4 Å². The molecule has 0 radical (unpaired) electrons. The Balaban J connectivity index is 1.55. The SMILES string of the molecule is CNc1nc(NC2CC(C)(O)C2)nn2ccc(-c3cnc4nc(C)n(CC(F)F)c4c3)c12. The summed E-state index contributed by atoms with van der Waals surface area (Å²) in [6.07, 6.45) is 2.29. The highest BCUT2D eigenvalue weighted by atomic mass is 19.3. The first-order valence-electron chi connectivity index (χ1n) is 10.4. The highest BCUT2D eigenvalue weighted by Crippen LogP contribution is 2.35. The second kappa shape index (κ2) is 7.37. The number of pyridine rings is 1. The largest absolute Gasteiger partial charge is 0.390 e. The Kier molecular flexibility index (Phi) is 4.73. The quantitative estimate of drug-likeness (QED) is 0.421. The van der Waals surface area contributed by atoms with Gasteiger partial charge in [-0.2, -0.15) is 4.98 Å². The molecule has 1 saturated carbocycles. The van der Waals surface area contributed by atoms with E-state index in [9.17, 15) is 13.9 Å². The van der Waals surface area contributed by atoms with Crippen LogP contribution in [0, 0.1) is 6.92 Å². The zero-order valence-corrected chi connectivity index (χ0v) is 18.0. The third kappa shape index (κ3) is 3.52. The average molecular weight is 442 g/mol. The Morgan fingerprint density at radius 3 is 2.78 bits per heavy atom. The number of halogens is 2. The fraction of sp³-hybridized carbons (Fsp3) is 0.429. The molecule has 5 rings (SSSR count). The van der Waals surface area contributed by atoms with Crippen molar-refractivity contribution in [3.63, 3.8) is 0 Å². The van der Waals surface area contributed by atoms with E-state index in [1.54, 1.807) is 24.7 Å². The number of rotatable bonds is 6. The number of aryl methyl sites for hydroxylation is 1. The van der Waals surface area contributed by atoms with Gasteiger partial charge in [-0.05, 0) is 38.8 Å². The number of fused-ring (bicyclic) bond motifs is 2. The molecular weight excluding hydrogens is 418 g/mol. The predicted molar refractivity (Wildman–Crippen MR) is 117 cm³/mol. The maximum Gasteiger partial charge on any atom is 0.256 e. The van der Waals surface area contributed by atoms with Crippen molar-refractivity contribution in [3.8, 4) is 11.1 Å². The van der Waals surface area contributed by atoms with E-state index < -0.39 is 18.6 Å². The van der Waals surface area contributed by atoms with Crippen LogP contribution < -0.4 is 10.6 Å². The molecule has 4 aromatic rings. The summed E-state index contributed by atoms with van der Waals surface area (Å²) < 4.78 is 29.3. The smallest absolute Gasteiger partial charge is 0.256 e. The fourth-order valence-electron chi connectivity index (χ4n) is 4.41. The van der Waals surface area contributed by atoms with E-state index in [-0.39, 0.29) is 6.04 Å². The van der Waals surface area contributed by atoms with Crippen molar-refractivity contribution in [2.24, 2.45) is 0 Å². The molecule has 11 heteroatoms. The van der Waals surface area contributed by atoms with Gasteiger partial charge in [0.1, 0.15) is 11.3 Å². The number of anilines is 2. The van der Waals surface area contributed by atoms with E-state index >= 15 is 0 Å². The molecule has 32 heavy (non-hydrogen) atoms. The maximum absolute atomic E-state index is 13.1. The van der Waals surface area contributed by atoms with Crippen molar-refractivity contribution in [3.05, 3.63) is 30.4 Å². The van der Waals surface area contributed by atoms with E-state index in [1.165, 1.54) is 4.57 Å². The van der Waals surface area contributed by atoms with Gasteiger partial charge in [-0.15, -0.1) is 5.10 Å². The molecule has 0 aromatic carbocycles. The highest BCUT2D eigenvalue weighted by Gasteiger charge is 2.38. The molecule has 0 spiro atoms. The van der Waals surface area contributed by atoms with Gasteiger partial charge in [-0.1, -0.05) is 0 Å². The Morgan fingerprint density at radius 1 is 1.31 bits per heavy atom. The molecule has 1 aliphatic carbocycles. The van der Waals surface area contributed by atoms with Gasteiger partial charge in [0.05, 0.1) is 17.7 Å². The Morgan fingerprint density at radius 2 is 2.09 bits per heavy atom. The molecule has 0 saturated heterocycles. The summed E-state index contributed by atoms with van der Waals surface area (Å²) >= 11 is 0. The number of hydrogen-bond donors (Lipinski definition) is 3. The van der Waals surface area contributed by atoms with Gasteiger partial charge in [0.15, 0.2) is 11.5 Å². The third-order valence-corrected chi connectivity index (χ3v) is 5.88. The monoisotopic (exact) mass is 442 g/mol. The van der Waals surface area contributed by atoms with Gasteiger partial charge < -0.3 is 20.3 Å². The number of aliphatic hydroxyl groups is 1. The molecule has 4 aromatic heterocycles. The number of alkyl halides is 2. The fourth-order valence-corrected chi connectivity index (χ4v) is 4.41. The lowest BCUT2D eigenvalue weighted by atomic mass is 9.77. The van der Waals surface area contributed by atoms with Crippen LogP contribution in [0.3, 0.4) is 0 Å². The second-order valence-corrected chi connectivity index (χ2v) is 8.53. The van der Waals surface area contributed by atoms with Crippen LogP contribution >= 0.6 is 0 Å². The van der Waals surface area contributed by atoms with Crippen LogP contribution in [0.4, 0.5) is 20.5 Å². The van der Waals surface area contributed by atoms with Gasteiger partial charge in [-0.25, -0.2) is 23.3 Å². The summed E-state index contributed by atoms with van der Waals surface area (Å²) in [5.74, 6) is 1.58. The molecule has 9 nitrogen and oxygen atoms in total. The molecule has 0 bridgehead atoms. The van der Waals surface area contributed by atoms with Crippen molar-refractivity contribution in [1.29, 1.82) is 0 Å². The van der Waals surface area contributed by atoms with Crippen molar-refractivity contribution >= 4 is 28.4 Å². The minimum Gasteiger partial charge on any atom is -0.390 e. The van der Waals surface area contributed by atoms with E-state index in [0.717, 1.165) is 16.6 Å². The number of aromatic nitrogens is 6. The topological polar surface area (TPSA) is 105 Å². The van der Waals surface area contributed by atoms with Crippen LogP contribution in [0.1, 0.15) is 25.6 Å². The van der Waals surface area contributed by atoms with Gasteiger partial charge in [0.2, 0.25) is 5.95 Å². The number of hydrogen-bond acceptors (Lipinski definition) is 7. The minimum atomic E-state index is -2.49. The first kappa shape index (κ1) is 20.6. The molecule has 4 heterocycles. The van der Waals surface area contributed by atoms with Crippen molar-refractivity contribution in [2.45, 2.75) is 51.3 Å². The summed E-state index contributed by atoms with van der Waals surface area (Å²) in [7, 11) is 1.78. The Bertz CT molecular complexity index is 1300. The first-order chi connectivity index (χ1) is 15.2. The van der Waals surface area contributed by atoms with Crippen molar-refractivity contribution in [2.75, 3.05) is 17.7 Å². The minimum absolute atomic E-state index is 0.118. The lowest BCUT2D eigenvalue weighted by Crippen LogP contribution is -2.48. The van der Waals surface area contributed by atoms with Gasteiger partial charge in [0.25, 0.3) is 6.43 Å². The molecular formula is C21H24F2N8O. The van der Waals surface area contributed by atoms with Gasteiger partial charge >= 0.3 is 0 Å². The summed E-state index contributed by atoms with van der Waals surface area (Å²) in [4.78, 5) is 13.3. The zero-order chi connectivity index (χ0) is 22.6. The van der Waals surface area contributed by atoms with Crippen LogP contribution in [0.2, 0.25) is 0 Å². The molecule has 0 unspecified atom stereocenters. The number of nitrogens with zero attached hydrogens (tertiary/aromatic N) is 6. The molecule has 1 aliphatic rings. The lowest BCUT2D eigenvalue weighted by molar-refractivity contribution is -0.0236. The molecule has 3 N–H and O–H groups in total. The number of nitrogens with one attached hydrogen (secondary N) is 2. The van der Waals surface area contributed by atoms with Crippen LogP contribution in [0.15, 0.2) is 24.5 Å². The number of imidazole rings is 1. The zero-order valence-electron chi connectivity index (χ0n) is 18.0. The average Bonchev–Trinajstić information content (AvgIpc) is 3.26. The summed E-state index contributed by atoms with van der Waals surface area (Å²) in [6.45, 7) is 3.07. The van der Waals surface area contributed by atoms with Crippen LogP contribution in [0.5, 0.6) is 0 Å². The highest BCUT2D eigenvalue weighted by molar-refractivity contribution is 5.91. The van der Waals surface area contributed by atoms with Crippen LogP contribution in [0.25, 0.3) is 27.8 Å². The molecule has 0 amide bonds. The van der Waals surface area contributed by atoms with E-state index in [0.29, 0.717) is 41.6 Å². The Labute approximate surface area is 182 Å². The molecule has 1 fully saturated rings. The summed E-state index contributed by atoms with van der Waals surface area (Å²) in [5.41, 5.74) is 2.67. The van der Waals surface area contributed by atoms with Crippen molar-refractivity contribution < 1.29 is 13.9 Å². The molecule has 168 valence electrons. The van der Waals surface area contributed by atoms with Crippen molar-refractivity contribution in [1.82, 2.24) is 29.1 Å². The first-order valence-corrected chi connectivity index (χ1v) is 10.4.